The van der Waals surface area contributed by atoms with Crippen LogP contribution in [0.3, 0.4) is 0 Å². The highest BCUT2D eigenvalue weighted by Gasteiger charge is 2.33. The highest BCUT2D eigenvalue weighted by atomic mass is 16.4. The van der Waals surface area contributed by atoms with Crippen LogP contribution in [0.5, 0.6) is 0 Å². The van der Waals surface area contributed by atoms with Crippen molar-refractivity contribution in [1.82, 2.24) is 0 Å². The van der Waals surface area contributed by atoms with Gasteiger partial charge in [0.05, 0.1) is 12.7 Å². The van der Waals surface area contributed by atoms with Gasteiger partial charge in [-0.3, -0.25) is 0 Å². The lowest BCUT2D eigenvalue weighted by Gasteiger charge is -2.31. The van der Waals surface area contributed by atoms with Crippen LogP contribution in [0.2, 0.25) is 0 Å². The lowest BCUT2D eigenvalue weighted by molar-refractivity contribution is -0.114. The van der Waals surface area contributed by atoms with E-state index >= 15 is 0 Å². The zero-order chi connectivity index (χ0) is 12.6. The van der Waals surface area contributed by atoms with E-state index in [4.69, 9.17) is 0 Å². The fourth-order valence-electron chi connectivity index (χ4n) is 2.63. The Labute approximate surface area is 105 Å². The van der Waals surface area contributed by atoms with Crippen LogP contribution >= 0.6 is 0 Å². The molecule has 0 aromatic heterocycles. The summed E-state index contributed by atoms with van der Waals surface area (Å²) >= 11 is 0. The van der Waals surface area contributed by atoms with Crippen molar-refractivity contribution in [3.8, 4) is 0 Å². The molecule has 0 aromatic rings. The molecule has 3 N–H and O–H groups in total. The predicted molar refractivity (Wildman–Crippen MR) is 68.8 cm³/mol. The monoisotopic (exact) mass is 244 g/mol. The lowest BCUT2D eigenvalue weighted by Crippen LogP contribution is -2.45. The Morgan fingerprint density at radius 3 is 1.82 bits per heavy atom. The number of hydrogen-bond acceptors (Lipinski definition) is 3. The van der Waals surface area contributed by atoms with E-state index in [2.05, 4.69) is 0 Å². The highest BCUT2D eigenvalue weighted by molar-refractivity contribution is 4.85. The van der Waals surface area contributed by atoms with E-state index in [1.54, 1.807) is 0 Å². The van der Waals surface area contributed by atoms with Gasteiger partial charge in [-0.1, -0.05) is 57.8 Å². The summed E-state index contributed by atoms with van der Waals surface area (Å²) in [5.74, 6) is 0. The molecule has 2 atom stereocenters. The molecule has 0 heterocycles. The Bertz CT molecular complexity index is 196. The maximum atomic E-state index is 10.2. The normalized spacial score (nSPS) is 34.4. The van der Waals surface area contributed by atoms with Crippen molar-refractivity contribution in [3.63, 3.8) is 0 Å². The third-order valence-corrected chi connectivity index (χ3v) is 3.98. The SMILES string of the molecule is OCC1(O)CCCCCCCCCCCC1O. The van der Waals surface area contributed by atoms with E-state index in [1.807, 2.05) is 0 Å². The van der Waals surface area contributed by atoms with E-state index in [9.17, 15) is 15.3 Å². The minimum absolute atomic E-state index is 0.325. The van der Waals surface area contributed by atoms with Crippen LogP contribution in [0.25, 0.3) is 0 Å². The molecular weight excluding hydrogens is 216 g/mol. The topological polar surface area (TPSA) is 60.7 Å². The van der Waals surface area contributed by atoms with E-state index in [1.165, 1.54) is 32.1 Å². The summed E-state index contributed by atoms with van der Waals surface area (Å²) in [5.41, 5.74) is -1.27. The van der Waals surface area contributed by atoms with Gasteiger partial charge in [-0.25, -0.2) is 0 Å². The van der Waals surface area contributed by atoms with Gasteiger partial charge in [-0.05, 0) is 12.8 Å². The van der Waals surface area contributed by atoms with Crippen LogP contribution in [0.4, 0.5) is 0 Å². The summed E-state index contributed by atoms with van der Waals surface area (Å²) in [6.07, 6.45) is 10.7. The smallest absolute Gasteiger partial charge is 0.113 e. The fourth-order valence-corrected chi connectivity index (χ4v) is 2.63. The molecule has 0 saturated heterocycles. The molecule has 0 bridgehead atoms. The summed E-state index contributed by atoms with van der Waals surface area (Å²) in [6.45, 7) is -0.325. The molecule has 102 valence electrons. The molecule has 1 fully saturated rings. The van der Waals surface area contributed by atoms with Gasteiger partial charge in [-0.15, -0.1) is 0 Å². The third kappa shape index (κ3) is 5.36. The van der Waals surface area contributed by atoms with Crippen LogP contribution < -0.4 is 0 Å². The van der Waals surface area contributed by atoms with Crippen LogP contribution in [-0.4, -0.2) is 33.6 Å². The largest absolute Gasteiger partial charge is 0.393 e. The van der Waals surface area contributed by atoms with Gasteiger partial charge in [0.1, 0.15) is 5.60 Å². The molecule has 0 aliphatic heterocycles. The molecule has 17 heavy (non-hydrogen) atoms. The Morgan fingerprint density at radius 1 is 0.824 bits per heavy atom. The van der Waals surface area contributed by atoms with Gasteiger partial charge in [0.2, 0.25) is 0 Å². The van der Waals surface area contributed by atoms with Crippen LogP contribution in [-0.2, 0) is 0 Å². The average Bonchev–Trinajstić information content (AvgIpc) is 2.35. The second-order valence-electron chi connectivity index (χ2n) is 5.50. The Morgan fingerprint density at radius 2 is 1.29 bits per heavy atom. The molecule has 0 radical (unpaired) electrons. The van der Waals surface area contributed by atoms with Crippen molar-refractivity contribution >= 4 is 0 Å². The number of aliphatic hydroxyl groups is 3. The second kappa shape index (κ2) is 8.06. The maximum Gasteiger partial charge on any atom is 0.113 e. The number of hydrogen-bond donors (Lipinski definition) is 3. The Balaban J connectivity index is 2.46. The zero-order valence-corrected chi connectivity index (χ0v) is 10.9. The first kappa shape index (κ1) is 14.9. The van der Waals surface area contributed by atoms with Gasteiger partial charge in [-0.2, -0.15) is 0 Å². The van der Waals surface area contributed by atoms with Gasteiger partial charge < -0.3 is 15.3 Å². The van der Waals surface area contributed by atoms with E-state index in [0.29, 0.717) is 12.8 Å². The summed E-state index contributed by atoms with van der Waals surface area (Å²) in [6, 6.07) is 0. The second-order valence-corrected chi connectivity index (χ2v) is 5.50. The Kier molecular flexibility index (Phi) is 7.09. The van der Waals surface area contributed by atoms with Crippen molar-refractivity contribution in [1.29, 1.82) is 0 Å². The molecular formula is C14H28O3. The van der Waals surface area contributed by atoms with Crippen LogP contribution in [0.15, 0.2) is 0 Å². The van der Waals surface area contributed by atoms with Crippen molar-refractivity contribution in [2.24, 2.45) is 0 Å². The summed E-state index contributed by atoms with van der Waals surface area (Å²) < 4.78 is 0. The third-order valence-electron chi connectivity index (χ3n) is 3.98. The molecule has 3 heteroatoms. The first-order valence-corrected chi connectivity index (χ1v) is 7.20. The molecule has 1 aliphatic carbocycles. The molecule has 1 aliphatic rings. The Hall–Kier alpha value is -0.120. The molecule has 1 rings (SSSR count). The first-order chi connectivity index (χ1) is 8.19. The fraction of sp³-hybridized carbons (Fsp3) is 1.00. The quantitative estimate of drug-likeness (QED) is 0.663. The van der Waals surface area contributed by atoms with Crippen molar-refractivity contribution < 1.29 is 15.3 Å². The molecule has 3 nitrogen and oxygen atoms in total. The van der Waals surface area contributed by atoms with E-state index in [-0.39, 0.29) is 6.61 Å². The zero-order valence-electron chi connectivity index (χ0n) is 10.9. The molecule has 0 amide bonds. The summed E-state index contributed by atoms with van der Waals surface area (Å²) in [7, 11) is 0. The van der Waals surface area contributed by atoms with Crippen molar-refractivity contribution in [2.75, 3.05) is 6.61 Å². The van der Waals surface area contributed by atoms with E-state index < -0.39 is 11.7 Å². The van der Waals surface area contributed by atoms with Gasteiger partial charge in [0, 0.05) is 0 Å². The van der Waals surface area contributed by atoms with E-state index in [0.717, 1.165) is 25.7 Å². The van der Waals surface area contributed by atoms with Crippen LogP contribution in [0.1, 0.15) is 70.6 Å². The standard InChI is InChI=1S/C14H28O3/c15-12-14(17)11-9-7-5-3-1-2-4-6-8-10-13(14)16/h13,15-17H,1-12H2. The van der Waals surface area contributed by atoms with Crippen molar-refractivity contribution in [3.05, 3.63) is 0 Å². The van der Waals surface area contributed by atoms with Gasteiger partial charge >= 0.3 is 0 Å². The van der Waals surface area contributed by atoms with Gasteiger partial charge in [0.15, 0.2) is 0 Å². The minimum atomic E-state index is -1.27. The minimum Gasteiger partial charge on any atom is -0.393 e. The van der Waals surface area contributed by atoms with Gasteiger partial charge in [0.25, 0.3) is 0 Å². The average molecular weight is 244 g/mol. The molecule has 0 spiro atoms. The first-order valence-electron chi connectivity index (χ1n) is 7.20. The highest BCUT2D eigenvalue weighted by Crippen LogP contribution is 2.24. The summed E-state index contributed by atoms with van der Waals surface area (Å²) in [4.78, 5) is 0. The molecule has 2 unspecified atom stereocenters. The summed E-state index contributed by atoms with van der Waals surface area (Å²) in [5, 5.41) is 29.4. The lowest BCUT2D eigenvalue weighted by atomic mass is 9.88. The predicted octanol–water partition coefficient (Wildman–Crippen LogP) is 2.38. The molecule has 1 saturated carbocycles. The maximum absolute atomic E-state index is 10.2. The van der Waals surface area contributed by atoms with Crippen molar-refractivity contribution in [2.45, 2.75) is 82.3 Å². The number of rotatable bonds is 1. The van der Waals surface area contributed by atoms with Crippen LogP contribution in [0, 0.1) is 0 Å². The number of aliphatic hydroxyl groups excluding tert-OH is 2. The molecule has 0 aromatic carbocycles.